The number of thiocarbonyl (C=S) groups is 1. The fraction of sp³-hybridized carbons (Fsp3) is 0.0714. The molecule has 0 unspecified atom stereocenters. The summed E-state index contributed by atoms with van der Waals surface area (Å²) >= 11 is 20.4. The summed E-state index contributed by atoms with van der Waals surface area (Å²) in [6, 6.07) is 13.2. The first-order chi connectivity index (χ1) is 9.54. The Kier molecular flexibility index (Phi) is 5.66. The Labute approximate surface area is 141 Å². The van der Waals surface area contributed by atoms with E-state index in [0.29, 0.717) is 16.7 Å². The standard InChI is InChI=1S/C14H11BrCl2N2S/c15-12-6-5-11(7-13(12)17)19-14(20)18-8-9-1-3-10(16)4-2-9/h1-7H,8H2,(H2,18,19,20). The van der Waals surface area contributed by atoms with Crippen molar-refractivity contribution in [3.8, 4) is 0 Å². The first-order valence-corrected chi connectivity index (χ1v) is 7.74. The topological polar surface area (TPSA) is 24.1 Å². The highest BCUT2D eigenvalue weighted by Crippen LogP contribution is 2.25. The van der Waals surface area contributed by atoms with E-state index in [1.807, 2.05) is 42.5 Å². The highest BCUT2D eigenvalue weighted by atomic mass is 79.9. The monoisotopic (exact) mass is 388 g/mol. The van der Waals surface area contributed by atoms with Crippen LogP contribution in [0, 0.1) is 0 Å². The van der Waals surface area contributed by atoms with Gasteiger partial charge in [-0.1, -0.05) is 35.3 Å². The molecule has 6 heteroatoms. The van der Waals surface area contributed by atoms with E-state index in [0.717, 1.165) is 20.7 Å². The highest BCUT2D eigenvalue weighted by Gasteiger charge is 2.01. The van der Waals surface area contributed by atoms with Gasteiger partial charge in [-0.25, -0.2) is 0 Å². The Morgan fingerprint density at radius 3 is 2.45 bits per heavy atom. The number of hydrogen-bond donors (Lipinski definition) is 2. The molecular weight excluding hydrogens is 379 g/mol. The number of benzene rings is 2. The van der Waals surface area contributed by atoms with E-state index in [4.69, 9.17) is 35.4 Å². The summed E-state index contributed by atoms with van der Waals surface area (Å²) < 4.78 is 0.852. The van der Waals surface area contributed by atoms with Crippen LogP contribution in [0.15, 0.2) is 46.9 Å². The number of rotatable bonds is 3. The molecule has 2 rings (SSSR count). The number of nitrogens with one attached hydrogen (secondary N) is 2. The van der Waals surface area contributed by atoms with Crippen molar-refractivity contribution in [2.45, 2.75) is 6.54 Å². The second-order valence-corrected chi connectivity index (χ2v) is 6.17. The molecule has 0 aliphatic heterocycles. The minimum absolute atomic E-state index is 0.540. The molecule has 0 bridgehead atoms. The maximum Gasteiger partial charge on any atom is 0.171 e. The molecule has 2 aromatic carbocycles. The smallest absolute Gasteiger partial charge is 0.171 e. The fourth-order valence-electron chi connectivity index (χ4n) is 1.53. The molecule has 0 radical (unpaired) electrons. The molecule has 0 saturated carbocycles. The number of anilines is 1. The van der Waals surface area contributed by atoms with Gasteiger partial charge in [-0.3, -0.25) is 0 Å². The molecule has 0 amide bonds. The molecule has 20 heavy (non-hydrogen) atoms. The Morgan fingerprint density at radius 2 is 1.80 bits per heavy atom. The van der Waals surface area contributed by atoms with Crippen LogP contribution in [-0.2, 0) is 6.54 Å². The average molecular weight is 390 g/mol. The third kappa shape index (κ3) is 4.63. The van der Waals surface area contributed by atoms with Crippen LogP contribution < -0.4 is 10.6 Å². The van der Waals surface area contributed by atoms with Crippen LogP contribution >= 0.6 is 51.3 Å². The van der Waals surface area contributed by atoms with Gasteiger partial charge in [0.15, 0.2) is 5.11 Å². The summed E-state index contributed by atoms with van der Waals surface area (Å²) in [6.45, 7) is 0.632. The van der Waals surface area contributed by atoms with E-state index in [2.05, 4.69) is 26.6 Å². The molecule has 0 aromatic heterocycles. The van der Waals surface area contributed by atoms with Crippen molar-refractivity contribution in [1.82, 2.24) is 5.32 Å². The molecule has 0 heterocycles. The van der Waals surface area contributed by atoms with Crippen LogP contribution in [0.3, 0.4) is 0 Å². The van der Waals surface area contributed by atoms with E-state index < -0.39 is 0 Å². The van der Waals surface area contributed by atoms with Crippen molar-refractivity contribution in [2.75, 3.05) is 5.32 Å². The second-order valence-electron chi connectivity index (χ2n) is 4.06. The lowest BCUT2D eigenvalue weighted by molar-refractivity contribution is 0.926. The van der Waals surface area contributed by atoms with Gasteiger partial charge in [0.05, 0.1) is 5.02 Å². The Balaban J connectivity index is 1.89. The van der Waals surface area contributed by atoms with E-state index in [-0.39, 0.29) is 0 Å². The van der Waals surface area contributed by atoms with Crippen molar-refractivity contribution in [3.63, 3.8) is 0 Å². The van der Waals surface area contributed by atoms with Gasteiger partial charge < -0.3 is 10.6 Å². The maximum absolute atomic E-state index is 6.02. The zero-order valence-electron chi connectivity index (χ0n) is 10.3. The lowest BCUT2D eigenvalue weighted by Gasteiger charge is -2.11. The Hall–Kier alpha value is -0.810. The fourth-order valence-corrected chi connectivity index (χ4v) is 2.28. The normalized spacial score (nSPS) is 10.2. The van der Waals surface area contributed by atoms with Crippen LogP contribution in [0.5, 0.6) is 0 Å². The molecule has 2 nitrogen and oxygen atoms in total. The molecule has 2 N–H and O–H groups in total. The molecule has 0 aliphatic rings. The summed E-state index contributed by atoms with van der Waals surface area (Å²) in [6.07, 6.45) is 0. The molecule has 2 aromatic rings. The first-order valence-electron chi connectivity index (χ1n) is 5.79. The summed E-state index contributed by atoms with van der Waals surface area (Å²) in [5, 5.41) is 8.10. The zero-order valence-corrected chi connectivity index (χ0v) is 14.2. The SMILES string of the molecule is S=C(NCc1ccc(Cl)cc1)Nc1ccc(Br)c(Cl)c1. The largest absolute Gasteiger partial charge is 0.358 e. The Morgan fingerprint density at radius 1 is 1.10 bits per heavy atom. The molecule has 104 valence electrons. The molecule has 0 atom stereocenters. The van der Waals surface area contributed by atoms with Gasteiger partial charge in [-0.15, -0.1) is 0 Å². The number of halogens is 3. The lowest BCUT2D eigenvalue weighted by atomic mass is 10.2. The third-order valence-corrected chi connectivity index (χ3v) is 4.27. The average Bonchev–Trinajstić information content (AvgIpc) is 2.42. The molecule has 0 saturated heterocycles. The maximum atomic E-state index is 6.02. The van der Waals surface area contributed by atoms with E-state index in [1.54, 1.807) is 0 Å². The van der Waals surface area contributed by atoms with Crippen molar-refractivity contribution in [3.05, 3.63) is 62.5 Å². The summed E-state index contributed by atoms with van der Waals surface area (Å²) in [5.74, 6) is 0. The van der Waals surface area contributed by atoms with Crippen LogP contribution in [0.1, 0.15) is 5.56 Å². The van der Waals surface area contributed by atoms with Gasteiger partial charge in [-0.05, 0) is 64.0 Å². The molecular formula is C14H11BrCl2N2S. The third-order valence-electron chi connectivity index (χ3n) is 2.54. The summed E-state index contributed by atoms with van der Waals surface area (Å²) in [7, 11) is 0. The quantitative estimate of drug-likeness (QED) is 0.701. The van der Waals surface area contributed by atoms with Crippen molar-refractivity contribution >= 4 is 62.1 Å². The van der Waals surface area contributed by atoms with Crippen molar-refractivity contribution in [1.29, 1.82) is 0 Å². The van der Waals surface area contributed by atoms with Crippen LogP contribution in [0.2, 0.25) is 10.0 Å². The van der Waals surface area contributed by atoms with Crippen LogP contribution in [0.4, 0.5) is 5.69 Å². The number of hydrogen-bond acceptors (Lipinski definition) is 1. The predicted molar refractivity (Wildman–Crippen MR) is 93.7 cm³/mol. The Bertz CT molecular complexity index is 617. The van der Waals surface area contributed by atoms with Gasteiger partial charge in [0.2, 0.25) is 0 Å². The van der Waals surface area contributed by atoms with Gasteiger partial charge in [0.1, 0.15) is 0 Å². The lowest BCUT2D eigenvalue weighted by Crippen LogP contribution is -2.27. The molecule has 0 fully saturated rings. The summed E-state index contributed by atoms with van der Waals surface area (Å²) in [4.78, 5) is 0. The van der Waals surface area contributed by atoms with Crippen molar-refractivity contribution in [2.24, 2.45) is 0 Å². The summed E-state index contributed by atoms with van der Waals surface area (Å²) in [5.41, 5.74) is 1.94. The second kappa shape index (κ2) is 7.27. The van der Waals surface area contributed by atoms with E-state index >= 15 is 0 Å². The van der Waals surface area contributed by atoms with E-state index in [9.17, 15) is 0 Å². The van der Waals surface area contributed by atoms with Crippen LogP contribution in [0.25, 0.3) is 0 Å². The predicted octanol–water partition coefficient (Wildman–Crippen LogP) is 5.24. The van der Waals surface area contributed by atoms with Gasteiger partial charge in [-0.2, -0.15) is 0 Å². The van der Waals surface area contributed by atoms with E-state index in [1.165, 1.54) is 0 Å². The first kappa shape index (κ1) is 15.6. The van der Waals surface area contributed by atoms with Crippen molar-refractivity contribution < 1.29 is 0 Å². The zero-order chi connectivity index (χ0) is 14.5. The van der Waals surface area contributed by atoms with Gasteiger partial charge in [0, 0.05) is 21.7 Å². The van der Waals surface area contributed by atoms with Crippen LogP contribution in [-0.4, -0.2) is 5.11 Å². The molecule has 0 spiro atoms. The van der Waals surface area contributed by atoms with Gasteiger partial charge in [0.25, 0.3) is 0 Å². The molecule has 0 aliphatic carbocycles. The highest BCUT2D eigenvalue weighted by molar-refractivity contribution is 9.10. The minimum Gasteiger partial charge on any atom is -0.358 e. The van der Waals surface area contributed by atoms with Gasteiger partial charge >= 0.3 is 0 Å². The minimum atomic E-state index is 0.540.